The molecule has 2 heterocycles. The van der Waals surface area contributed by atoms with Gasteiger partial charge < -0.3 is 15.0 Å². The maximum Gasteiger partial charge on any atom is 0.317 e. The highest BCUT2D eigenvalue weighted by molar-refractivity contribution is 9.10. The molecule has 166 valence electrons. The number of methoxy groups -OCH3 is 1. The molecular formula is C23H22BrN3O5. The Kier molecular flexibility index (Phi) is 6.27. The minimum absolute atomic E-state index is 0.0814. The number of aryl methyl sites for hydroxylation is 2. The summed E-state index contributed by atoms with van der Waals surface area (Å²) < 4.78 is 6.93. The first kappa shape index (κ1) is 22.0. The van der Waals surface area contributed by atoms with E-state index in [0.717, 1.165) is 15.6 Å². The van der Waals surface area contributed by atoms with Crippen LogP contribution in [-0.4, -0.2) is 28.5 Å². The number of carbonyl (C=O) groups excluding carboxylic acids is 2. The highest BCUT2D eigenvalue weighted by atomic mass is 79.9. The van der Waals surface area contributed by atoms with Gasteiger partial charge in [0.2, 0.25) is 5.91 Å². The van der Waals surface area contributed by atoms with Crippen LogP contribution in [0.2, 0.25) is 0 Å². The summed E-state index contributed by atoms with van der Waals surface area (Å²) in [6.45, 7) is 0. The van der Waals surface area contributed by atoms with Crippen molar-refractivity contribution in [3.05, 3.63) is 72.7 Å². The summed E-state index contributed by atoms with van der Waals surface area (Å²) in [6.07, 6.45) is 2.22. The quantitative estimate of drug-likeness (QED) is 0.400. The summed E-state index contributed by atoms with van der Waals surface area (Å²) in [7, 11) is 1.36. The van der Waals surface area contributed by atoms with Gasteiger partial charge in [-0.3, -0.25) is 23.7 Å². The van der Waals surface area contributed by atoms with Gasteiger partial charge in [-0.15, -0.1) is 0 Å². The predicted molar refractivity (Wildman–Crippen MR) is 124 cm³/mol. The van der Waals surface area contributed by atoms with E-state index >= 15 is 0 Å². The minimum Gasteiger partial charge on any atom is -0.469 e. The molecule has 1 unspecified atom stereocenters. The van der Waals surface area contributed by atoms with E-state index in [2.05, 4.69) is 31.0 Å². The molecule has 32 heavy (non-hydrogen) atoms. The first-order chi connectivity index (χ1) is 15.4. The van der Waals surface area contributed by atoms with Crippen LogP contribution in [0.3, 0.4) is 0 Å². The summed E-state index contributed by atoms with van der Waals surface area (Å²) in [5.74, 6) is -0.508. The van der Waals surface area contributed by atoms with E-state index in [1.54, 1.807) is 18.2 Å². The van der Waals surface area contributed by atoms with Crippen LogP contribution in [0.5, 0.6) is 0 Å². The molecule has 0 saturated carbocycles. The predicted octanol–water partition coefficient (Wildman–Crippen LogP) is 3.07. The maximum absolute atomic E-state index is 12.7. The Bertz CT molecular complexity index is 1310. The topological polar surface area (TPSA) is 110 Å². The molecule has 0 radical (unpaired) electrons. The molecule has 0 fully saturated rings. The molecule has 1 aliphatic heterocycles. The molecule has 1 amide bonds. The van der Waals surface area contributed by atoms with Crippen LogP contribution in [0.1, 0.15) is 36.4 Å². The van der Waals surface area contributed by atoms with Crippen molar-refractivity contribution in [2.75, 3.05) is 12.4 Å². The molecule has 0 bridgehead atoms. The fourth-order valence-corrected chi connectivity index (χ4v) is 4.64. The Morgan fingerprint density at radius 1 is 1.22 bits per heavy atom. The van der Waals surface area contributed by atoms with Gasteiger partial charge in [0.05, 0.1) is 18.1 Å². The van der Waals surface area contributed by atoms with Crippen molar-refractivity contribution < 1.29 is 14.3 Å². The number of hydrogen-bond donors (Lipinski definition) is 2. The lowest BCUT2D eigenvalue weighted by molar-refractivity contribution is -0.140. The van der Waals surface area contributed by atoms with Crippen molar-refractivity contribution >= 4 is 44.5 Å². The molecule has 0 spiro atoms. The SMILES string of the molecule is COC(=O)CCc1ccc(NC(=O)CC2CCc3cc(Br)cc4[nH]c(=O)c(=O)n2c34)cc1. The van der Waals surface area contributed by atoms with Crippen molar-refractivity contribution in [1.82, 2.24) is 9.55 Å². The summed E-state index contributed by atoms with van der Waals surface area (Å²) in [5.41, 5.74) is 2.46. The molecule has 0 saturated heterocycles. The van der Waals surface area contributed by atoms with Crippen LogP contribution in [0.15, 0.2) is 50.5 Å². The molecular weight excluding hydrogens is 478 g/mol. The number of ether oxygens (including phenoxy) is 1. The number of aromatic amines is 1. The lowest BCUT2D eigenvalue weighted by atomic mass is 9.96. The summed E-state index contributed by atoms with van der Waals surface area (Å²) in [5, 5.41) is 2.85. The van der Waals surface area contributed by atoms with Gasteiger partial charge in [0.15, 0.2) is 0 Å². The molecule has 8 nitrogen and oxygen atoms in total. The van der Waals surface area contributed by atoms with Gasteiger partial charge in [-0.25, -0.2) is 0 Å². The molecule has 1 aromatic heterocycles. The third-order valence-corrected chi connectivity index (χ3v) is 6.13. The van der Waals surface area contributed by atoms with Crippen molar-refractivity contribution in [3.8, 4) is 0 Å². The summed E-state index contributed by atoms with van der Waals surface area (Å²) in [4.78, 5) is 51.5. The second kappa shape index (κ2) is 9.12. The van der Waals surface area contributed by atoms with Gasteiger partial charge in [-0.1, -0.05) is 28.1 Å². The standard InChI is InChI=1S/C23H22BrN3O5/c1-32-20(29)9-4-13-2-6-16(7-3-13)25-19(28)12-17-8-5-14-10-15(24)11-18-21(14)27(17)23(31)22(30)26-18/h2-3,6-7,10-11,17H,4-5,8-9,12H2,1H3,(H,25,28)(H,26,30). The van der Waals surface area contributed by atoms with Crippen molar-refractivity contribution in [2.24, 2.45) is 0 Å². The first-order valence-corrected chi connectivity index (χ1v) is 11.1. The van der Waals surface area contributed by atoms with E-state index in [-0.39, 0.29) is 18.3 Å². The lowest BCUT2D eigenvalue weighted by Crippen LogP contribution is -2.41. The van der Waals surface area contributed by atoms with Crippen LogP contribution in [0, 0.1) is 0 Å². The zero-order valence-corrected chi connectivity index (χ0v) is 19.0. The highest BCUT2D eigenvalue weighted by Crippen LogP contribution is 2.32. The van der Waals surface area contributed by atoms with Crippen LogP contribution < -0.4 is 16.4 Å². The number of anilines is 1. The molecule has 9 heteroatoms. The molecule has 4 rings (SSSR count). The number of amides is 1. The normalized spacial score (nSPS) is 14.9. The van der Waals surface area contributed by atoms with Crippen LogP contribution in [-0.2, 0) is 27.2 Å². The lowest BCUT2D eigenvalue weighted by Gasteiger charge is -2.27. The van der Waals surface area contributed by atoms with E-state index in [9.17, 15) is 19.2 Å². The Labute approximate surface area is 191 Å². The van der Waals surface area contributed by atoms with Crippen molar-refractivity contribution in [1.29, 1.82) is 0 Å². The first-order valence-electron chi connectivity index (χ1n) is 10.3. The van der Waals surface area contributed by atoms with Crippen LogP contribution in [0.4, 0.5) is 5.69 Å². The average Bonchev–Trinajstić information content (AvgIpc) is 2.77. The average molecular weight is 500 g/mol. The van der Waals surface area contributed by atoms with Gasteiger partial charge in [0, 0.05) is 29.0 Å². The Morgan fingerprint density at radius 3 is 2.69 bits per heavy atom. The number of aromatic nitrogens is 2. The van der Waals surface area contributed by atoms with Gasteiger partial charge in [0.1, 0.15) is 0 Å². The van der Waals surface area contributed by atoms with Crippen molar-refractivity contribution in [2.45, 2.75) is 38.1 Å². The second-order valence-corrected chi connectivity index (χ2v) is 8.72. The summed E-state index contributed by atoms with van der Waals surface area (Å²) >= 11 is 3.44. The number of rotatable bonds is 6. The van der Waals surface area contributed by atoms with Crippen molar-refractivity contribution in [3.63, 3.8) is 0 Å². The fraction of sp³-hybridized carbons (Fsp3) is 0.304. The third kappa shape index (κ3) is 4.52. The summed E-state index contributed by atoms with van der Waals surface area (Å²) in [6, 6.07) is 10.5. The number of H-pyrrole nitrogens is 1. The molecule has 1 aliphatic rings. The number of nitrogens with zero attached hydrogens (tertiary/aromatic N) is 1. The zero-order chi connectivity index (χ0) is 22.8. The minimum atomic E-state index is -0.698. The fourth-order valence-electron chi connectivity index (χ4n) is 4.13. The number of halogens is 1. The van der Waals surface area contributed by atoms with E-state index in [1.807, 2.05) is 18.2 Å². The van der Waals surface area contributed by atoms with Crippen LogP contribution in [0.25, 0.3) is 11.0 Å². The van der Waals surface area contributed by atoms with E-state index < -0.39 is 17.2 Å². The number of esters is 1. The molecule has 1 atom stereocenters. The molecule has 0 aliphatic carbocycles. The van der Waals surface area contributed by atoms with Gasteiger partial charge >= 0.3 is 17.1 Å². The maximum atomic E-state index is 12.7. The number of carbonyl (C=O) groups is 2. The third-order valence-electron chi connectivity index (χ3n) is 5.67. The number of hydrogen-bond acceptors (Lipinski definition) is 5. The Hall–Kier alpha value is -3.20. The monoisotopic (exact) mass is 499 g/mol. The van der Waals surface area contributed by atoms with E-state index in [0.29, 0.717) is 42.4 Å². The van der Waals surface area contributed by atoms with Gasteiger partial charge in [-0.05, 0) is 54.7 Å². The van der Waals surface area contributed by atoms with Gasteiger partial charge in [-0.2, -0.15) is 0 Å². The number of nitrogens with one attached hydrogen (secondary N) is 2. The zero-order valence-electron chi connectivity index (χ0n) is 17.4. The Morgan fingerprint density at radius 2 is 1.97 bits per heavy atom. The molecule has 3 aromatic rings. The smallest absolute Gasteiger partial charge is 0.317 e. The van der Waals surface area contributed by atoms with E-state index in [1.165, 1.54) is 11.7 Å². The molecule has 2 N–H and O–H groups in total. The second-order valence-electron chi connectivity index (χ2n) is 7.81. The largest absolute Gasteiger partial charge is 0.469 e. The number of benzene rings is 2. The van der Waals surface area contributed by atoms with Crippen LogP contribution >= 0.6 is 15.9 Å². The Balaban J connectivity index is 1.50. The van der Waals surface area contributed by atoms with E-state index in [4.69, 9.17) is 0 Å². The van der Waals surface area contributed by atoms with Gasteiger partial charge in [0.25, 0.3) is 0 Å². The highest BCUT2D eigenvalue weighted by Gasteiger charge is 2.26. The molecule has 2 aromatic carbocycles.